The number of ether oxygens (including phenoxy) is 2. The number of aliphatic hydroxyl groups is 1. The number of β-amino-alcohol motifs (C(OH)–C–C–N with tert-alkyl or cyclic N) is 1. The second kappa shape index (κ2) is 13.0. The Balaban J connectivity index is 1.56. The van der Waals surface area contributed by atoms with Crippen molar-refractivity contribution in [2.75, 3.05) is 26.3 Å². The number of likely N-dealkylation sites (tertiary alicyclic amines) is 1. The largest absolute Gasteiger partial charge is 0.463 e. The summed E-state index contributed by atoms with van der Waals surface area (Å²) in [6, 6.07) is 13.4. The van der Waals surface area contributed by atoms with E-state index in [1.807, 2.05) is 43.3 Å². The molecule has 190 valence electrons. The van der Waals surface area contributed by atoms with E-state index in [1.165, 1.54) is 6.08 Å². The van der Waals surface area contributed by atoms with Crippen LogP contribution < -0.4 is 0 Å². The Morgan fingerprint density at radius 3 is 2.80 bits per heavy atom. The number of halogens is 1. The molecule has 2 aromatic rings. The van der Waals surface area contributed by atoms with Crippen molar-refractivity contribution in [2.45, 2.75) is 58.8 Å². The van der Waals surface area contributed by atoms with Crippen molar-refractivity contribution in [3.63, 3.8) is 0 Å². The maximum absolute atomic E-state index is 14.0. The maximum atomic E-state index is 14.0. The van der Waals surface area contributed by atoms with Gasteiger partial charge in [-0.25, -0.2) is 9.18 Å². The molecular formula is C29H38FNO4. The first-order valence-electron chi connectivity index (χ1n) is 12.5. The lowest BCUT2D eigenvalue weighted by atomic mass is 10.00. The van der Waals surface area contributed by atoms with Crippen LogP contribution in [0.3, 0.4) is 0 Å². The minimum absolute atomic E-state index is 0.167. The van der Waals surface area contributed by atoms with Crippen LogP contribution in [-0.4, -0.2) is 54.4 Å². The van der Waals surface area contributed by atoms with Gasteiger partial charge in [0.1, 0.15) is 5.82 Å². The summed E-state index contributed by atoms with van der Waals surface area (Å²) in [5.41, 5.74) is 3.46. The number of benzene rings is 2. The van der Waals surface area contributed by atoms with E-state index in [0.717, 1.165) is 36.1 Å². The van der Waals surface area contributed by atoms with E-state index in [4.69, 9.17) is 9.47 Å². The number of rotatable bonds is 11. The third-order valence-electron chi connectivity index (χ3n) is 6.55. The summed E-state index contributed by atoms with van der Waals surface area (Å²) in [5.74, 6) is -0.0191. The highest BCUT2D eigenvalue weighted by molar-refractivity contribution is 5.87. The van der Waals surface area contributed by atoms with Gasteiger partial charge in [0.2, 0.25) is 0 Å². The molecule has 4 atom stereocenters. The third kappa shape index (κ3) is 7.99. The van der Waals surface area contributed by atoms with Gasteiger partial charge in [-0.05, 0) is 73.9 Å². The molecule has 5 nitrogen and oxygen atoms in total. The molecule has 1 fully saturated rings. The van der Waals surface area contributed by atoms with Gasteiger partial charge in [-0.15, -0.1) is 0 Å². The van der Waals surface area contributed by atoms with Crippen LogP contribution >= 0.6 is 0 Å². The number of aliphatic hydroxyl groups excluding tert-OH is 1. The fourth-order valence-corrected chi connectivity index (χ4v) is 4.76. The molecular weight excluding hydrogens is 445 g/mol. The first kappa shape index (κ1) is 27.1. The quantitative estimate of drug-likeness (QED) is 0.356. The maximum Gasteiger partial charge on any atom is 0.330 e. The normalized spacial score (nSPS) is 20.3. The molecule has 35 heavy (non-hydrogen) atoms. The Hall–Kier alpha value is -2.54. The van der Waals surface area contributed by atoms with E-state index in [9.17, 15) is 14.3 Å². The summed E-state index contributed by atoms with van der Waals surface area (Å²) < 4.78 is 25.0. The zero-order valence-corrected chi connectivity index (χ0v) is 21.2. The average molecular weight is 484 g/mol. The number of aryl methyl sites for hydroxylation is 1. The summed E-state index contributed by atoms with van der Waals surface area (Å²) in [7, 11) is 0. The van der Waals surface area contributed by atoms with Gasteiger partial charge in [0.25, 0.3) is 0 Å². The minimum Gasteiger partial charge on any atom is -0.463 e. The highest BCUT2D eigenvalue weighted by Crippen LogP contribution is 2.27. The lowest BCUT2D eigenvalue weighted by Crippen LogP contribution is -2.39. The first-order valence-corrected chi connectivity index (χ1v) is 12.5. The van der Waals surface area contributed by atoms with Gasteiger partial charge in [-0.3, -0.25) is 4.90 Å². The second-order valence-electron chi connectivity index (χ2n) is 9.58. The topological polar surface area (TPSA) is 59.0 Å². The smallest absolute Gasteiger partial charge is 0.330 e. The van der Waals surface area contributed by atoms with Gasteiger partial charge < -0.3 is 14.6 Å². The van der Waals surface area contributed by atoms with Gasteiger partial charge in [0.15, 0.2) is 0 Å². The van der Waals surface area contributed by atoms with E-state index in [-0.39, 0.29) is 30.5 Å². The molecule has 0 radical (unpaired) electrons. The zero-order valence-electron chi connectivity index (χ0n) is 21.2. The Morgan fingerprint density at radius 2 is 2.06 bits per heavy atom. The van der Waals surface area contributed by atoms with E-state index < -0.39 is 6.10 Å². The van der Waals surface area contributed by atoms with Crippen LogP contribution in [0.2, 0.25) is 0 Å². The Labute approximate surface area is 208 Å². The number of esters is 1. The highest BCUT2D eigenvalue weighted by atomic mass is 19.1. The molecule has 1 aliphatic heterocycles. The molecule has 1 N–H and O–H groups in total. The molecule has 1 aliphatic rings. The Morgan fingerprint density at radius 1 is 1.29 bits per heavy atom. The SMILES string of the molecule is CCOC(=O)C=Cc1ccccc1[C@@H](C)OC[C@H](O)CN1C[C@@H](C)C[C@H]1Cc1ccc(C)c(F)c1. The number of nitrogens with zero attached hydrogens (tertiary/aromatic N) is 1. The van der Waals surface area contributed by atoms with Gasteiger partial charge in [-0.2, -0.15) is 0 Å². The minimum atomic E-state index is -0.637. The number of hydrogen-bond acceptors (Lipinski definition) is 5. The van der Waals surface area contributed by atoms with Crippen molar-refractivity contribution >= 4 is 12.0 Å². The van der Waals surface area contributed by atoms with Gasteiger partial charge in [-0.1, -0.05) is 43.3 Å². The fraction of sp³-hybridized carbons (Fsp3) is 0.483. The van der Waals surface area contributed by atoms with Crippen LogP contribution in [0.5, 0.6) is 0 Å². The predicted octanol–water partition coefficient (Wildman–Crippen LogP) is 5.10. The number of hydrogen-bond donors (Lipinski definition) is 1. The van der Waals surface area contributed by atoms with Gasteiger partial charge >= 0.3 is 5.97 Å². The van der Waals surface area contributed by atoms with Gasteiger partial charge in [0.05, 0.1) is 25.4 Å². The van der Waals surface area contributed by atoms with E-state index in [1.54, 1.807) is 26.0 Å². The molecule has 0 aliphatic carbocycles. The van der Waals surface area contributed by atoms with Crippen LogP contribution in [0.15, 0.2) is 48.5 Å². The summed E-state index contributed by atoms with van der Waals surface area (Å²) in [4.78, 5) is 14.0. The van der Waals surface area contributed by atoms with Crippen molar-refractivity contribution in [2.24, 2.45) is 5.92 Å². The van der Waals surface area contributed by atoms with Crippen LogP contribution in [-0.2, 0) is 20.7 Å². The molecule has 3 rings (SSSR count). The summed E-state index contributed by atoms with van der Waals surface area (Å²) in [6.45, 7) is 9.66. The van der Waals surface area contributed by atoms with Crippen molar-refractivity contribution < 1.29 is 23.8 Å². The molecule has 0 unspecified atom stereocenters. The van der Waals surface area contributed by atoms with E-state index in [0.29, 0.717) is 24.6 Å². The molecule has 1 saturated heterocycles. The standard InChI is InChI=1S/C29H38FNO4/c1-5-34-29(33)13-12-24-8-6-7-9-27(24)22(4)35-19-26(32)18-31-17-20(2)14-25(31)15-23-11-10-21(3)28(30)16-23/h6-13,16,20,22,25-26,32H,5,14-15,17-19H2,1-4H3/t20-,22+,25-,26+/m0/s1. The lowest BCUT2D eigenvalue weighted by Gasteiger charge is -2.27. The van der Waals surface area contributed by atoms with Crippen LogP contribution in [0, 0.1) is 18.7 Å². The summed E-state index contributed by atoms with van der Waals surface area (Å²) in [5, 5.41) is 10.8. The molecule has 2 aromatic carbocycles. The molecule has 0 bridgehead atoms. The average Bonchev–Trinajstić information content (AvgIpc) is 3.17. The van der Waals surface area contributed by atoms with Crippen LogP contribution in [0.4, 0.5) is 4.39 Å². The lowest BCUT2D eigenvalue weighted by molar-refractivity contribution is -0.137. The number of carbonyl (C=O) groups excluding carboxylic acids is 1. The molecule has 0 amide bonds. The predicted molar refractivity (Wildman–Crippen MR) is 136 cm³/mol. The van der Waals surface area contributed by atoms with Gasteiger partial charge in [0, 0.05) is 25.2 Å². The summed E-state index contributed by atoms with van der Waals surface area (Å²) in [6.07, 6.45) is 4.05. The van der Waals surface area contributed by atoms with Crippen LogP contribution in [0.1, 0.15) is 55.5 Å². The third-order valence-corrected chi connectivity index (χ3v) is 6.55. The Kier molecular flexibility index (Phi) is 10.0. The molecule has 6 heteroatoms. The molecule has 0 aromatic heterocycles. The first-order chi connectivity index (χ1) is 16.8. The van der Waals surface area contributed by atoms with Crippen molar-refractivity contribution in [1.82, 2.24) is 4.90 Å². The van der Waals surface area contributed by atoms with Crippen molar-refractivity contribution in [1.29, 1.82) is 0 Å². The molecule has 1 heterocycles. The monoisotopic (exact) mass is 483 g/mol. The summed E-state index contributed by atoms with van der Waals surface area (Å²) >= 11 is 0. The van der Waals surface area contributed by atoms with E-state index in [2.05, 4.69) is 11.8 Å². The van der Waals surface area contributed by atoms with E-state index >= 15 is 0 Å². The fourth-order valence-electron chi connectivity index (χ4n) is 4.76. The molecule has 0 saturated carbocycles. The number of carbonyl (C=O) groups is 1. The van der Waals surface area contributed by atoms with Crippen molar-refractivity contribution in [3.05, 3.63) is 76.6 Å². The zero-order chi connectivity index (χ0) is 25.4. The Bertz CT molecular complexity index is 1010. The van der Waals surface area contributed by atoms with Crippen molar-refractivity contribution in [3.8, 4) is 0 Å². The highest BCUT2D eigenvalue weighted by Gasteiger charge is 2.31. The molecule has 0 spiro atoms. The van der Waals surface area contributed by atoms with Crippen LogP contribution in [0.25, 0.3) is 6.08 Å². The second-order valence-corrected chi connectivity index (χ2v) is 9.58.